The summed E-state index contributed by atoms with van der Waals surface area (Å²) in [4.78, 5) is 32.8. The van der Waals surface area contributed by atoms with Gasteiger partial charge in [-0.05, 0) is 30.7 Å². The molecule has 2 N–H and O–H groups in total. The quantitative estimate of drug-likeness (QED) is 0.748. The van der Waals surface area contributed by atoms with Crippen molar-refractivity contribution in [3.63, 3.8) is 0 Å². The van der Waals surface area contributed by atoms with Crippen molar-refractivity contribution in [2.75, 3.05) is 12.4 Å². The number of rotatable bonds is 5. The van der Waals surface area contributed by atoms with Crippen molar-refractivity contribution in [3.05, 3.63) is 53.9 Å². The van der Waals surface area contributed by atoms with Gasteiger partial charge in [-0.3, -0.25) is 14.9 Å². The molecule has 0 aliphatic rings. The highest BCUT2D eigenvalue weighted by Crippen LogP contribution is 2.20. The summed E-state index contributed by atoms with van der Waals surface area (Å²) in [5.41, 5.74) is 2.14. The summed E-state index contributed by atoms with van der Waals surface area (Å²) in [7, 11) is 1.52. The number of carbonyl (C=O) groups is 2. The topological polar surface area (TPSA) is 88.9 Å². The number of nitrogens with zero attached hydrogens (tertiary/aromatic N) is 3. The molecule has 0 atom stereocenters. The smallest absolute Gasteiger partial charge is 0.276 e. The molecule has 3 aromatic rings. The highest BCUT2D eigenvalue weighted by Gasteiger charge is 2.16. The van der Waals surface area contributed by atoms with Gasteiger partial charge in [0.2, 0.25) is 5.95 Å². The molecule has 0 aliphatic heterocycles. The van der Waals surface area contributed by atoms with Crippen molar-refractivity contribution in [2.45, 2.75) is 19.9 Å². The lowest BCUT2D eigenvalue weighted by atomic mass is 10.3. The molecule has 25 heavy (non-hydrogen) atoms. The van der Waals surface area contributed by atoms with Crippen LogP contribution in [0.5, 0.6) is 0 Å². The third kappa shape index (κ3) is 3.35. The van der Waals surface area contributed by atoms with E-state index in [2.05, 4.69) is 27.5 Å². The number of carbonyl (C=O) groups excluding carboxylic acids is 2. The molecule has 2 amide bonds. The maximum atomic E-state index is 12.6. The van der Waals surface area contributed by atoms with Crippen LogP contribution in [-0.2, 0) is 6.54 Å². The first-order valence-corrected chi connectivity index (χ1v) is 8.09. The van der Waals surface area contributed by atoms with Crippen LogP contribution in [0.1, 0.15) is 34.3 Å². The summed E-state index contributed by atoms with van der Waals surface area (Å²) in [6, 6.07) is 12.5. The number of hydrogen-bond acceptors (Lipinski definition) is 4. The Hall–Kier alpha value is -3.22. The molecule has 128 valence electrons. The average Bonchev–Trinajstić information content (AvgIpc) is 2.99. The Balaban J connectivity index is 1.92. The SMILES string of the molecule is CCCn1c(NC(=O)c2cccc(C(=O)NC)n2)nc2ccccc21. The summed E-state index contributed by atoms with van der Waals surface area (Å²) in [5, 5.41) is 5.30. The molecule has 2 heterocycles. The van der Waals surface area contributed by atoms with Crippen LogP contribution in [0.25, 0.3) is 11.0 Å². The summed E-state index contributed by atoms with van der Waals surface area (Å²) in [6.45, 7) is 2.80. The van der Waals surface area contributed by atoms with Gasteiger partial charge >= 0.3 is 0 Å². The van der Waals surface area contributed by atoms with Gasteiger partial charge in [-0.25, -0.2) is 9.97 Å². The van der Waals surface area contributed by atoms with E-state index in [1.54, 1.807) is 18.2 Å². The van der Waals surface area contributed by atoms with E-state index in [1.807, 2.05) is 28.8 Å². The molecule has 7 nitrogen and oxygen atoms in total. The fourth-order valence-corrected chi connectivity index (χ4v) is 2.60. The Labute approximate surface area is 145 Å². The van der Waals surface area contributed by atoms with Crippen molar-refractivity contribution < 1.29 is 9.59 Å². The van der Waals surface area contributed by atoms with Crippen molar-refractivity contribution in [1.29, 1.82) is 0 Å². The molecule has 0 bridgehead atoms. The minimum atomic E-state index is -0.404. The largest absolute Gasteiger partial charge is 0.354 e. The van der Waals surface area contributed by atoms with E-state index in [0.29, 0.717) is 5.95 Å². The Morgan fingerprint density at radius 1 is 1.00 bits per heavy atom. The van der Waals surface area contributed by atoms with Gasteiger partial charge in [-0.15, -0.1) is 0 Å². The van der Waals surface area contributed by atoms with Crippen molar-refractivity contribution in [3.8, 4) is 0 Å². The number of pyridine rings is 1. The second-order valence-corrected chi connectivity index (χ2v) is 5.52. The molecule has 0 fully saturated rings. The van der Waals surface area contributed by atoms with Gasteiger partial charge in [0, 0.05) is 13.6 Å². The second kappa shape index (κ2) is 7.12. The molecule has 2 aromatic heterocycles. The number of fused-ring (bicyclic) bond motifs is 1. The Bertz CT molecular complexity index is 932. The minimum Gasteiger partial charge on any atom is -0.354 e. The fourth-order valence-electron chi connectivity index (χ4n) is 2.60. The van der Waals surface area contributed by atoms with Crippen LogP contribution in [0, 0.1) is 0 Å². The summed E-state index contributed by atoms with van der Waals surface area (Å²) >= 11 is 0. The molecule has 3 rings (SSSR count). The molecular formula is C18H19N5O2. The maximum Gasteiger partial charge on any atom is 0.276 e. The zero-order chi connectivity index (χ0) is 17.8. The van der Waals surface area contributed by atoms with Crippen LogP contribution < -0.4 is 10.6 Å². The van der Waals surface area contributed by atoms with Crippen molar-refractivity contribution >= 4 is 28.8 Å². The molecule has 0 unspecified atom stereocenters. The standard InChI is InChI=1S/C18H19N5O2/c1-3-11-23-15-10-5-4-7-12(15)21-18(23)22-17(25)14-9-6-8-13(20-14)16(24)19-2/h4-10H,3,11H2,1-2H3,(H,19,24)(H,21,22,25). The summed E-state index contributed by atoms with van der Waals surface area (Å²) < 4.78 is 1.97. The monoisotopic (exact) mass is 337 g/mol. The van der Waals surface area contributed by atoms with Gasteiger partial charge in [0.25, 0.3) is 11.8 Å². The lowest BCUT2D eigenvalue weighted by Gasteiger charge is -2.09. The van der Waals surface area contributed by atoms with Gasteiger partial charge in [0.1, 0.15) is 11.4 Å². The highest BCUT2D eigenvalue weighted by molar-refractivity contribution is 6.03. The van der Waals surface area contributed by atoms with Crippen molar-refractivity contribution in [2.24, 2.45) is 0 Å². The molecule has 0 saturated carbocycles. The first kappa shape index (κ1) is 16.6. The number of aryl methyl sites for hydroxylation is 1. The normalized spacial score (nSPS) is 10.6. The van der Waals surface area contributed by atoms with E-state index in [4.69, 9.17) is 0 Å². The number of aromatic nitrogens is 3. The highest BCUT2D eigenvalue weighted by atomic mass is 16.2. The van der Waals surface area contributed by atoms with Crippen LogP contribution in [-0.4, -0.2) is 33.4 Å². The minimum absolute atomic E-state index is 0.163. The average molecular weight is 337 g/mol. The Kier molecular flexibility index (Phi) is 4.74. The van der Waals surface area contributed by atoms with Crippen LogP contribution >= 0.6 is 0 Å². The summed E-state index contributed by atoms with van der Waals surface area (Å²) in [6.07, 6.45) is 0.910. The van der Waals surface area contributed by atoms with Crippen LogP contribution in [0.4, 0.5) is 5.95 Å². The lowest BCUT2D eigenvalue weighted by Crippen LogP contribution is -2.22. The molecule has 7 heteroatoms. The summed E-state index contributed by atoms with van der Waals surface area (Å²) in [5.74, 6) is -0.272. The van der Waals surface area contributed by atoms with E-state index < -0.39 is 5.91 Å². The van der Waals surface area contributed by atoms with E-state index in [1.165, 1.54) is 7.05 Å². The van der Waals surface area contributed by atoms with E-state index in [0.717, 1.165) is 24.0 Å². The molecule has 0 spiro atoms. The fraction of sp³-hybridized carbons (Fsp3) is 0.222. The van der Waals surface area contributed by atoms with E-state index >= 15 is 0 Å². The first-order valence-electron chi connectivity index (χ1n) is 8.09. The predicted molar refractivity (Wildman–Crippen MR) is 95.6 cm³/mol. The number of nitrogens with one attached hydrogen (secondary N) is 2. The maximum absolute atomic E-state index is 12.6. The number of amides is 2. The molecule has 0 radical (unpaired) electrons. The predicted octanol–water partition coefficient (Wildman–Crippen LogP) is 2.45. The molecular weight excluding hydrogens is 318 g/mol. The molecule has 1 aromatic carbocycles. The van der Waals surface area contributed by atoms with E-state index in [-0.39, 0.29) is 17.3 Å². The number of hydrogen-bond donors (Lipinski definition) is 2. The van der Waals surface area contributed by atoms with Gasteiger partial charge in [-0.1, -0.05) is 25.1 Å². The first-order chi connectivity index (χ1) is 12.1. The van der Waals surface area contributed by atoms with Gasteiger partial charge in [0.05, 0.1) is 11.0 Å². The molecule has 0 aliphatic carbocycles. The van der Waals surface area contributed by atoms with Gasteiger partial charge < -0.3 is 9.88 Å². The lowest BCUT2D eigenvalue weighted by molar-refractivity contribution is 0.0958. The third-order valence-electron chi connectivity index (χ3n) is 3.77. The second-order valence-electron chi connectivity index (χ2n) is 5.52. The van der Waals surface area contributed by atoms with Gasteiger partial charge in [0.15, 0.2) is 0 Å². The zero-order valence-electron chi connectivity index (χ0n) is 14.1. The van der Waals surface area contributed by atoms with Crippen LogP contribution in [0.15, 0.2) is 42.5 Å². The Morgan fingerprint density at radius 3 is 2.44 bits per heavy atom. The van der Waals surface area contributed by atoms with Crippen molar-refractivity contribution in [1.82, 2.24) is 19.9 Å². The van der Waals surface area contributed by atoms with E-state index in [9.17, 15) is 9.59 Å². The number of para-hydroxylation sites is 2. The molecule has 0 saturated heterocycles. The van der Waals surface area contributed by atoms with Crippen LogP contribution in [0.3, 0.4) is 0 Å². The Morgan fingerprint density at radius 2 is 1.72 bits per heavy atom. The number of imidazole rings is 1. The number of benzene rings is 1. The zero-order valence-corrected chi connectivity index (χ0v) is 14.1. The van der Waals surface area contributed by atoms with Crippen LogP contribution in [0.2, 0.25) is 0 Å². The van der Waals surface area contributed by atoms with Gasteiger partial charge in [-0.2, -0.15) is 0 Å². The third-order valence-corrected chi connectivity index (χ3v) is 3.77. The number of anilines is 1.